The molecule has 0 spiro atoms. The first-order chi connectivity index (χ1) is 10.2. The largest absolute Gasteiger partial charge is 0.323 e. The predicted octanol–water partition coefficient (Wildman–Crippen LogP) is 2.86. The first-order valence-electron chi connectivity index (χ1n) is 7.20. The van der Waals surface area contributed by atoms with E-state index in [1.807, 2.05) is 12.1 Å². The van der Waals surface area contributed by atoms with Crippen molar-refractivity contribution in [2.24, 2.45) is 0 Å². The number of aromatic nitrogens is 2. The lowest BCUT2D eigenvalue weighted by atomic mass is 9.94. The fourth-order valence-electron chi connectivity index (χ4n) is 2.75. The highest BCUT2D eigenvalue weighted by Gasteiger charge is 2.15. The van der Waals surface area contributed by atoms with Gasteiger partial charge in [-0.2, -0.15) is 0 Å². The maximum Gasteiger partial charge on any atom is 0.323 e. The Morgan fingerprint density at radius 3 is 2.62 bits per heavy atom. The van der Waals surface area contributed by atoms with Crippen LogP contribution in [-0.4, -0.2) is 16.5 Å². The molecule has 0 radical (unpaired) electrons. The molecule has 1 aromatic heterocycles. The van der Waals surface area contributed by atoms with Gasteiger partial charge in [-0.25, -0.2) is 4.79 Å². The highest BCUT2D eigenvalue weighted by molar-refractivity contribution is 5.75. The summed E-state index contributed by atoms with van der Waals surface area (Å²) in [7, 11) is 0. The number of hydrogen-bond donors (Lipinski definition) is 3. The van der Waals surface area contributed by atoms with E-state index in [0.29, 0.717) is 0 Å². The predicted molar refractivity (Wildman–Crippen MR) is 85.6 cm³/mol. The Morgan fingerprint density at radius 2 is 1.86 bits per heavy atom. The molecule has 0 bridgehead atoms. The number of benzene rings is 2. The molecule has 1 unspecified atom stereocenters. The maximum absolute atomic E-state index is 11.4. The van der Waals surface area contributed by atoms with Crippen LogP contribution in [0.5, 0.6) is 0 Å². The van der Waals surface area contributed by atoms with E-state index in [4.69, 9.17) is 0 Å². The topological polar surface area (TPSA) is 60.7 Å². The summed E-state index contributed by atoms with van der Waals surface area (Å²) in [5.41, 5.74) is 5.17. The van der Waals surface area contributed by atoms with Crippen LogP contribution in [0, 0.1) is 6.92 Å². The quantitative estimate of drug-likeness (QED) is 0.688. The van der Waals surface area contributed by atoms with Crippen LogP contribution in [-0.2, 0) is 0 Å². The minimum atomic E-state index is -0.168. The summed E-state index contributed by atoms with van der Waals surface area (Å²) in [5, 5.41) is 3.53. The molecular formula is C17H19N3O. The van der Waals surface area contributed by atoms with Crippen LogP contribution >= 0.6 is 0 Å². The monoisotopic (exact) mass is 281 g/mol. The summed E-state index contributed by atoms with van der Waals surface area (Å²) in [6.07, 6.45) is 0. The average Bonchev–Trinajstić information content (AvgIpc) is 2.85. The normalized spacial score (nSPS) is 12.7. The molecule has 0 saturated carbocycles. The zero-order valence-corrected chi connectivity index (χ0v) is 12.2. The Kier molecular flexibility index (Phi) is 3.62. The summed E-state index contributed by atoms with van der Waals surface area (Å²) in [5.74, 6) is 0. The van der Waals surface area contributed by atoms with Gasteiger partial charge in [0.25, 0.3) is 0 Å². The van der Waals surface area contributed by atoms with Gasteiger partial charge in [-0.1, -0.05) is 37.3 Å². The molecule has 1 atom stereocenters. The summed E-state index contributed by atoms with van der Waals surface area (Å²) in [6, 6.07) is 14.5. The van der Waals surface area contributed by atoms with Crippen molar-refractivity contribution in [3.63, 3.8) is 0 Å². The van der Waals surface area contributed by atoms with Gasteiger partial charge in [0.05, 0.1) is 17.1 Å². The Labute approximate surface area is 123 Å². The van der Waals surface area contributed by atoms with Crippen molar-refractivity contribution >= 4 is 11.0 Å². The third kappa shape index (κ3) is 2.62. The van der Waals surface area contributed by atoms with Crippen LogP contribution in [0.3, 0.4) is 0 Å². The number of fused-ring (bicyclic) bond motifs is 1. The molecule has 1 heterocycles. The van der Waals surface area contributed by atoms with Gasteiger partial charge in [-0.15, -0.1) is 0 Å². The fourth-order valence-corrected chi connectivity index (χ4v) is 2.75. The first kappa shape index (κ1) is 13.6. The molecule has 0 amide bonds. The molecule has 4 nitrogen and oxygen atoms in total. The van der Waals surface area contributed by atoms with E-state index in [1.54, 1.807) is 0 Å². The van der Waals surface area contributed by atoms with Crippen LogP contribution in [0.25, 0.3) is 11.0 Å². The van der Waals surface area contributed by atoms with Gasteiger partial charge in [0, 0.05) is 0 Å². The van der Waals surface area contributed by atoms with Crippen molar-refractivity contribution in [3.8, 4) is 0 Å². The molecule has 0 aliphatic rings. The number of aromatic amines is 2. The lowest BCUT2D eigenvalue weighted by Crippen LogP contribution is -2.22. The van der Waals surface area contributed by atoms with Gasteiger partial charge in [0.15, 0.2) is 0 Å². The van der Waals surface area contributed by atoms with Gasteiger partial charge < -0.3 is 15.3 Å². The number of aryl methyl sites for hydroxylation is 1. The van der Waals surface area contributed by atoms with Crippen LogP contribution < -0.4 is 11.0 Å². The van der Waals surface area contributed by atoms with E-state index >= 15 is 0 Å². The van der Waals surface area contributed by atoms with E-state index in [2.05, 4.69) is 59.5 Å². The van der Waals surface area contributed by atoms with Crippen LogP contribution in [0.2, 0.25) is 0 Å². The molecule has 0 aliphatic heterocycles. The van der Waals surface area contributed by atoms with Gasteiger partial charge in [0.1, 0.15) is 0 Å². The summed E-state index contributed by atoms with van der Waals surface area (Å²) in [6.45, 7) is 5.10. The zero-order chi connectivity index (χ0) is 14.8. The molecule has 2 aromatic carbocycles. The number of H-pyrrole nitrogens is 2. The summed E-state index contributed by atoms with van der Waals surface area (Å²) >= 11 is 0. The first-order valence-corrected chi connectivity index (χ1v) is 7.20. The maximum atomic E-state index is 11.4. The average molecular weight is 281 g/mol. The number of hydrogen-bond acceptors (Lipinski definition) is 2. The smallest absolute Gasteiger partial charge is 0.307 e. The third-order valence-corrected chi connectivity index (χ3v) is 3.78. The summed E-state index contributed by atoms with van der Waals surface area (Å²) in [4.78, 5) is 17.0. The SMILES string of the molecule is CCNC(c1ccc2[nH]c(=O)[nH]c2c1)c1ccccc1C. The second-order valence-electron chi connectivity index (χ2n) is 5.23. The van der Waals surface area contributed by atoms with E-state index in [1.165, 1.54) is 11.1 Å². The van der Waals surface area contributed by atoms with Crippen LogP contribution in [0.1, 0.15) is 29.7 Å². The van der Waals surface area contributed by atoms with Gasteiger partial charge in [0.2, 0.25) is 0 Å². The Morgan fingerprint density at radius 1 is 1.10 bits per heavy atom. The minimum absolute atomic E-state index is 0.124. The standard InChI is InChI=1S/C17H19N3O/c1-3-18-16(13-7-5-4-6-11(13)2)12-8-9-14-15(10-12)20-17(21)19-14/h4-10,16,18H,3H2,1-2H3,(H2,19,20,21). The number of nitrogens with one attached hydrogen (secondary N) is 3. The molecule has 3 rings (SSSR count). The molecule has 0 saturated heterocycles. The summed E-state index contributed by atoms with van der Waals surface area (Å²) < 4.78 is 0. The van der Waals surface area contributed by atoms with Crippen molar-refractivity contribution in [1.82, 2.24) is 15.3 Å². The van der Waals surface area contributed by atoms with Gasteiger partial charge in [-0.05, 0) is 42.3 Å². The van der Waals surface area contributed by atoms with Gasteiger partial charge in [-0.3, -0.25) is 0 Å². The molecule has 108 valence electrons. The molecular weight excluding hydrogens is 262 g/mol. The third-order valence-electron chi connectivity index (χ3n) is 3.78. The van der Waals surface area contributed by atoms with Crippen LogP contribution in [0.4, 0.5) is 0 Å². The minimum Gasteiger partial charge on any atom is -0.307 e. The van der Waals surface area contributed by atoms with Crippen molar-refractivity contribution in [2.75, 3.05) is 6.54 Å². The Balaban J connectivity index is 2.10. The van der Waals surface area contributed by atoms with Crippen molar-refractivity contribution < 1.29 is 0 Å². The van der Waals surface area contributed by atoms with Gasteiger partial charge >= 0.3 is 5.69 Å². The molecule has 4 heteroatoms. The molecule has 3 N–H and O–H groups in total. The fraction of sp³-hybridized carbons (Fsp3) is 0.235. The van der Waals surface area contributed by atoms with E-state index in [0.717, 1.165) is 23.1 Å². The lowest BCUT2D eigenvalue weighted by Gasteiger charge is -2.21. The van der Waals surface area contributed by atoms with Crippen molar-refractivity contribution in [2.45, 2.75) is 19.9 Å². The molecule has 0 aliphatic carbocycles. The van der Waals surface area contributed by atoms with E-state index < -0.39 is 0 Å². The van der Waals surface area contributed by atoms with Crippen molar-refractivity contribution in [1.29, 1.82) is 0 Å². The van der Waals surface area contributed by atoms with Crippen LogP contribution in [0.15, 0.2) is 47.3 Å². The van der Waals surface area contributed by atoms with E-state index in [9.17, 15) is 4.79 Å². The molecule has 0 fully saturated rings. The Hall–Kier alpha value is -2.33. The second-order valence-corrected chi connectivity index (χ2v) is 5.23. The molecule has 3 aromatic rings. The zero-order valence-electron chi connectivity index (χ0n) is 12.2. The highest BCUT2D eigenvalue weighted by atomic mass is 16.1. The second kappa shape index (κ2) is 5.58. The van der Waals surface area contributed by atoms with Crippen molar-refractivity contribution in [3.05, 3.63) is 69.6 Å². The van der Waals surface area contributed by atoms with E-state index in [-0.39, 0.29) is 11.7 Å². The molecule has 21 heavy (non-hydrogen) atoms. The number of imidazole rings is 1. The lowest BCUT2D eigenvalue weighted by molar-refractivity contribution is 0.628. The number of rotatable bonds is 4. The highest BCUT2D eigenvalue weighted by Crippen LogP contribution is 2.26. The Bertz CT molecular complexity index is 816.